The Kier molecular flexibility index (Phi) is 6.78. The minimum Gasteiger partial charge on any atom is -0.290 e. The molecule has 0 aliphatic heterocycles. The molecule has 0 spiro atoms. The highest BCUT2D eigenvalue weighted by Gasteiger charge is 2.17. The average Bonchev–Trinajstić information content (AvgIpc) is 3.66. The van der Waals surface area contributed by atoms with Crippen molar-refractivity contribution in [2.75, 3.05) is 0 Å². The monoisotopic (exact) mass is 484 g/mol. The number of aromatic nitrogens is 10. The smallest absolute Gasteiger partial charge is 0.290 e. The highest BCUT2D eigenvalue weighted by molar-refractivity contribution is 5.79. The molecule has 0 bridgehead atoms. The van der Waals surface area contributed by atoms with Gasteiger partial charge in [0.15, 0.2) is 5.82 Å². The molecule has 0 unspecified atom stereocenters. The van der Waals surface area contributed by atoms with Crippen molar-refractivity contribution in [3.05, 3.63) is 77.0 Å². The van der Waals surface area contributed by atoms with E-state index < -0.39 is 0 Å². The van der Waals surface area contributed by atoms with Gasteiger partial charge < -0.3 is 0 Å². The van der Waals surface area contributed by atoms with Gasteiger partial charge in [0, 0.05) is 35.8 Å². The number of hydrogen-bond donors (Lipinski definition) is 1. The number of hydrogen-bond acceptors (Lipinski definition) is 7. The molecule has 4 aromatic heterocycles. The summed E-state index contributed by atoms with van der Waals surface area (Å²) in [6.07, 6.45) is 8.95. The first kappa shape index (κ1) is 23.3. The molecule has 5 aromatic rings. The lowest BCUT2D eigenvalue weighted by atomic mass is 10.0. The van der Waals surface area contributed by atoms with Crippen molar-refractivity contribution < 1.29 is 0 Å². The summed E-state index contributed by atoms with van der Waals surface area (Å²) in [6.45, 7) is 5.29. The maximum atomic E-state index is 13.5. The molecule has 184 valence electrons. The second-order valence-electron chi connectivity index (χ2n) is 8.58. The van der Waals surface area contributed by atoms with Gasteiger partial charge in [-0.05, 0) is 41.3 Å². The minimum absolute atomic E-state index is 0.138. The molecule has 4 heterocycles. The van der Waals surface area contributed by atoms with Crippen LogP contribution in [0.15, 0.2) is 59.9 Å². The summed E-state index contributed by atoms with van der Waals surface area (Å²) in [5, 5.41) is 18.5. The van der Waals surface area contributed by atoms with E-state index in [1.807, 2.05) is 48.8 Å². The molecule has 11 heteroatoms. The van der Waals surface area contributed by atoms with Crippen LogP contribution in [0.1, 0.15) is 44.5 Å². The van der Waals surface area contributed by atoms with Crippen LogP contribution in [0.4, 0.5) is 0 Å². The van der Waals surface area contributed by atoms with Crippen molar-refractivity contribution in [2.24, 2.45) is 0 Å². The van der Waals surface area contributed by atoms with Gasteiger partial charge in [-0.25, -0.2) is 19.1 Å². The number of aryl methyl sites for hydroxylation is 2. The van der Waals surface area contributed by atoms with Gasteiger partial charge in [-0.1, -0.05) is 50.6 Å². The Morgan fingerprint density at radius 2 is 1.86 bits per heavy atom. The highest BCUT2D eigenvalue weighted by atomic mass is 16.2. The van der Waals surface area contributed by atoms with Crippen molar-refractivity contribution in [2.45, 2.75) is 52.6 Å². The fraction of sp³-hybridized carbons (Fsp3) is 0.320. The Morgan fingerprint density at radius 1 is 1.00 bits per heavy atom. The summed E-state index contributed by atoms with van der Waals surface area (Å²) in [5.74, 6) is 1.14. The minimum atomic E-state index is -0.138. The van der Waals surface area contributed by atoms with Crippen LogP contribution in [-0.2, 0) is 19.5 Å². The molecule has 1 N–H and O–H groups in total. The molecule has 0 amide bonds. The quantitative estimate of drug-likeness (QED) is 0.322. The molecule has 0 aliphatic rings. The van der Waals surface area contributed by atoms with E-state index in [1.165, 1.54) is 6.33 Å². The molecule has 1 aromatic carbocycles. The number of benzene rings is 1. The van der Waals surface area contributed by atoms with Gasteiger partial charge in [0.05, 0.1) is 12.2 Å². The Hall–Kier alpha value is -4.41. The standard InChI is InChI=1S/C25H28N10O/c1-3-5-8-20-16-34(24-27-17-28-35(24)13-4-2)25(36)33(20)15-19-12-11-18(14-26-19)21-9-6-7-10-22(21)23-29-31-32-30-23/h6-7,9-12,14,16-17H,3-5,8,13,15H2,1-2H3,(H,29,30,31,32). The third-order valence-electron chi connectivity index (χ3n) is 6.08. The first-order valence-electron chi connectivity index (χ1n) is 12.2. The number of aromatic amines is 1. The van der Waals surface area contributed by atoms with Crippen molar-refractivity contribution in [1.82, 2.24) is 49.5 Å². The Balaban J connectivity index is 1.46. The molecular weight excluding hydrogens is 456 g/mol. The zero-order chi connectivity index (χ0) is 24.9. The number of tetrazole rings is 1. The summed E-state index contributed by atoms with van der Waals surface area (Å²) in [7, 11) is 0. The topological polar surface area (TPSA) is 125 Å². The maximum Gasteiger partial charge on any atom is 0.335 e. The first-order chi connectivity index (χ1) is 17.7. The lowest BCUT2D eigenvalue weighted by molar-refractivity contribution is 0.577. The predicted molar refractivity (Wildman–Crippen MR) is 134 cm³/mol. The summed E-state index contributed by atoms with van der Waals surface area (Å²) in [4.78, 5) is 22.5. The largest absolute Gasteiger partial charge is 0.335 e. The van der Waals surface area contributed by atoms with Crippen LogP contribution in [0.25, 0.3) is 28.5 Å². The number of rotatable bonds is 10. The van der Waals surface area contributed by atoms with E-state index in [4.69, 9.17) is 4.98 Å². The normalized spacial score (nSPS) is 11.3. The van der Waals surface area contributed by atoms with Crippen molar-refractivity contribution in [3.63, 3.8) is 0 Å². The SMILES string of the molecule is CCCCc1cn(-c2ncnn2CCC)c(=O)n1Cc1ccc(-c2ccccc2-c2nnn[nH]2)cn1. The van der Waals surface area contributed by atoms with Crippen molar-refractivity contribution in [3.8, 4) is 28.5 Å². The average molecular weight is 485 g/mol. The number of nitrogens with one attached hydrogen (secondary N) is 1. The fourth-order valence-corrected chi connectivity index (χ4v) is 4.26. The third-order valence-corrected chi connectivity index (χ3v) is 6.08. The number of unbranched alkanes of at least 4 members (excludes halogenated alkanes) is 1. The van der Waals surface area contributed by atoms with Crippen molar-refractivity contribution >= 4 is 0 Å². The van der Waals surface area contributed by atoms with E-state index in [9.17, 15) is 4.79 Å². The van der Waals surface area contributed by atoms with Gasteiger partial charge in [-0.15, -0.1) is 5.10 Å². The van der Waals surface area contributed by atoms with Gasteiger partial charge in [0.1, 0.15) is 6.33 Å². The van der Waals surface area contributed by atoms with Gasteiger partial charge in [-0.3, -0.25) is 9.55 Å². The van der Waals surface area contributed by atoms with E-state index in [2.05, 4.69) is 44.6 Å². The summed E-state index contributed by atoms with van der Waals surface area (Å²) in [6, 6.07) is 11.9. The summed E-state index contributed by atoms with van der Waals surface area (Å²) >= 11 is 0. The van der Waals surface area contributed by atoms with Crippen LogP contribution in [0.3, 0.4) is 0 Å². The molecule has 0 fully saturated rings. The van der Waals surface area contributed by atoms with E-state index >= 15 is 0 Å². The van der Waals surface area contributed by atoms with Crippen LogP contribution in [-0.4, -0.2) is 49.5 Å². The number of H-pyrrole nitrogens is 1. The Labute approximate surface area is 207 Å². The van der Waals surface area contributed by atoms with E-state index in [0.717, 1.165) is 53.8 Å². The molecule has 36 heavy (non-hydrogen) atoms. The lowest BCUT2D eigenvalue weighted by Gasteiger charge is -2.09. The van der Waals surface area contributed by atoms with Crippen molar-refractivity contribution in [1.29, 1.82) is 0 Å². The molecule has 0 atom stereocenters. The van der Waals surface area contributed by atoms with Crippen LogP contribution in [0.5, 0.6) is 0 Å². The Bertz CT molecular complexity index is 1480. The third kappa shape index (κ3) is 4.59. The molecule has 5 rings (SSSR count). The van der Waals surface area contributed by atoms with Crippen LogP contribution in [0, 0.1) is 0 Å². The Morgan fingerprint density at radius 3 is 2.58 bits per heavy atom. The van der Waals surface area contributed by atoms with Gasteiger partial charge >= 0.3 is 5.69 Å². The van der Waals surface area contributed by atoms with Crippen LogP contribution >= 0.6 is 0 Å². The fourth-order valence-electron chi connectivity index (χ4n) is 4.26. The van der Waals surface area contributed by atoms with E-state index in [1.54, 1.807) is 13.8 Å². The van der Waals surface area contributed by atoms with Gasteiger partial charge in [0.2, 0.25) is 5.95 Å². The number of pyridine rings is 1. The molecule has 0 saturated heterocycles. The first-order valence-corrected chi connectivity index (χ1v) is 12.2. The molecule has 0 radical (unpaired) electrons. The van der Waals surface area contributed by atoms with Crippen LogP contribution in [0.2, 0.25) is 0 Å². The summed E-state index contributed by atoms with van der Waals surface area (Å²) in [5.41, 5.74) is 4.42. The zero-order valence-corrected chi connectivity index (χ0v) is 20.4. The second kappa shape index (κ2) is 10.5. The van der Waals surface area contributed by atoms with Gasteiger partial charge in [-0.2, -0.15) is 10.1 Å². The molecule has 0 saturated carbocycles. The van der Waals surface area contributed by atoms with Crippen LogP contribution < -0.4 is 5.69 Å². The zero-order valence-electron chi connectivity index (χ0n) is 20.4. The molecule has 11 nitrogen and oxygen atoms in total. The number of nitrogens with zero attached hydrogens (tertiary/aromatic N) is 9. The molecule has 0 aliphatic carbocycles. The van der Waals surface area contributed by atoms with E-state index in [-0.39, 0.29) is 5.69 Å². The maximum absolute atomic E-state index is 13.5. The lowest BCUT2D eigenvalue weighted by Crippen LogP contribution is -2.27. The summed E-state index contributed by atoms with van der Waals surface area (Å²) < 4.78 is 5.16. The van der Waals surface area contributed by atoms with Gasteiger partial charge in [0.25, 0.3) is 0 Å². The molecular formula is C25H28N10O. The number of imidazole rings is 1. The second-order valence-corrected chi connectivity index (χ2v) is 8.58. The predicted octanol–water partition coefficient (Wildman–Crippen LogP) is 3.27. The van der Waals surface area contributed by atoms with E-state index in [0.29, 0.717) is 24.9 Å². The highest BCUT2D eigenvalue weighted by Crippen LogP contribution is 2.29.